The van der Waals surface area contributed by atoms with Crippen LogP contribution in [0.1, 0.15) is 18.9 Å². The number of fused-ring (bicyclic) bond motifs is 1. The van der Waals surface area contributed by atoms with E-state index in [0.717, 1.165) is 24.2 Å². The number of ether oxygens (including phenoxy) is 1. The first kappa shape index (κ1) is 19.2. The summed E-state index contributed by atoms with van der Waals surface area (Å²) in [5.41, 5.74) is 4.18. The van der Waals surface area contributed by atoms with E-state index in [2.05, 4.69) is 17.3 Å². The van der Waals surface area contributed by atoms with Gasteiger partial charge in [-0.2, -0.15) is 0 Å². The Morgan fingerprint density at radius 3 is 2.96 bits per heavy atom. The number of hydrogen-bond acceptors (Lipinski definition) is 5. The second kappa shape index (κ2) is 9.42. The van der Waals surface area contributed by atoms with Gasteiger partial charge in [0.1, 0.15) is 19.0 Å². The van der Waals surface area contributed by atoms with E-state index in [1.807, 2.05) is 6.07 Å². The average Bonchev–Trinajstić information content (AvgIpc) is 2.56. The maximum absolute atomic E-state index is 14.3. The van der Waals surface area contributed by atoms with E-state index in [0.29, 0.717) is 10.6 Å². The molecule has 1 amide bonds. The molecule has 0 saturated carbocycles. The molecule has 0 spiro atoms. The van der Waals surface area contributed by atoms with Gasteiger partial charge in [0, 0.05) is 17.9 Å². The number of aliphatic carboxylic acids is 1. The minimum absolute atomic E-state index is 0.0151. The number of carbonyl (C=O) groups is 2. The fourth-order valence-electron chi connectivity index (χ4n) is 2.35. The molecule has 6 nitrogen and oxygen atoms in total. The third-order valence-electron chi connectivity index (χ3n) is 3.37. The zero-order valence-electron chi connectivity index (χ0n) is 13.8. The first-order valence-corrected chi connectivity index (χ1v) is 8.72. The first-order valence-electron chi connectivity index (χ1n) is 7.73. The fourth-order valence-corrected chi connectivity index (χ4v) is 3.39. The second-order valence-corrected chi connectivity index (χ2v) is 6.40. The van der Waals surface area contributed by atoms with Crippen LogP contribution in [-0.4, -0.2) is 42.5 Å². The molecule has 2 rings (SSSR count). The molecular formula is C17H19FN2O4S. The van der Waals surface area contributed by atoms with E-state index in [4.69, 9.17) is 9.84 Å². The van der Waals surface area contributed by atoms with Crippen molar-refractivity contribution in [3.05, 3.63) is 23.5 Å². The van der Waals surface area contributed by atoms with Crippen molar-refractivity contribution in [1.82, 2.24) is 5.43 Å². The van der Waals surface area contributed by atoms with Gasteiger partial charge in [-0.25, -0.2) is 19.6 Å². The van der Waals surface area contributed by atoms with Gasteiger partial charge in [0.2, 0.25) is 5.91 Å². The van der Waals surface area contributed by atoms with Crippen molar-refractivity contribution in [2.45, 2.75) is 24.7 Å². The number of carbonyl (C=O) groups excluding carboxylic acids is 1. The number of rotatable bonds is 6. The number of anilines is 1. The van der Waals surface area contributed by atoms with Crippen molar-refractivity contribution in [3.63, 3.8) is 0 Å². The number of hydrazine groups is 1. The van der Waals surface area contributed by atoms with Crippen LogP contribution in [0.15, 0.2) is 17.0 Å². The van der Waals surface area contributed by atoms with E-state index < -0.39 is 12.6 Å². The molecule has 1 heterocycles. The molecule has 0 atom stereocenters. The summed E-state index contributed by atoms with van der Waals surface area (Å²) in [7, 11) is 0. The maximum atomic E-state index is 14.3. The summed E-state index contributed by atoms with van der Waals surface area (Å²) in [5, 5.41) is 9.68. The minimum Gasteiger partial charge on any atom is -0.480 e. The largest absolute Gasteiger partial charge is 0.480 e. The van der Waals surface area contributed by atoms with Gasteiger partial charge in [0.25, 0.3) is 0 Å². The molecule has 1 aliphatic heterocycles. The first-order chi connectivity index (χ1) is 12.0. The summed E-state index contributed by atoms with van der Waals surface area (Å²) in [4.78, 5) is 22.8. The van der Waals surface area contributed by atoms with Crippen LogP contribution in [0.25, 0.3) is 0 Å². The Labute approximate surface area is 149 Å². The normalized spacial score (nSPS) is 12.7. The summed E-state index contributed by atoms with van der Waals surface area (Å²) in [6.45, 7) is 1.10. The SMILES string of the molecule is CC(=O)N(NCC#CCOCC(=O)O)c1cc(F)c2c(c1)CCCS2. The van der Waals surface area contributed by atoms with Gasteiger partial charge in [-0.05, 0) is 30.2 Å². The quantitative estimate of drug-likeness (QED) is 0.454. The van der Waals surface area contributed by atoms with E-state index in [1.165, 1.54) is 29.8 Å². The molecule has 0 fully saturated rings. The fraction of sp³-hybridized carbons (Fsp3) is 0.412. The summed E-state index contributed by atoms with van der Waals surface area (Å²) in [6.07, 6.45) is 1.77. The van der Waals surface area contributed by atoms with Crippen LogP contribution in [0.5, 0.6) is 0 Å². The van der Waals surface area contributed by atoms with Crippen molar-refractivity contribution in [2.24, 2.45) is 0 Å². The van der Waals surface area contributed by atoms with Crippen LogP contribution in [0.2, 0.25) is 0 Å². The van der Waals surface area contributed by atoms with Crippen LogP contribution in [-0.2, 0) is 20.7 Å². The van der Waals surface area contributed by atoms with Crippen LogP contribution in [0.3, 0.4) is 0 Å². The van der Waals surface area contributed by atoms with Gasteiger partial charge in [0.15, 0.2) is 0 Å². The number of halogens is 1. The van der Waals surface area contributed by atoms with Crippen molar-refractivity contribution >= 4 is 29.3 Å². The summed E-state index contributed by atoms with van der Waals surface area (Å²) in [6, 6.07) is 3.16. The lowest BCUT2D eigenvalue weighted by molar-refractivity contribution is -0.141. The van der Waals surface area contributed by atoms with E-state index in [-0.39, 0.29) is 24.9 Å². The Morgan fingerprint density at radius 2 is 2.24 bits per heavy atom. The number of carboxylic acid groups (broad SMARTS) is 1. The van der Waals surface area contributed by atoms with Gasteiger partial charge in [0.05, 0.1) is 12.2 Å². The Bertz CT molecular complexity index is 715. The van der Waals surface area contributed by atoms with Crippen molar-refractivity contribution in [3.8, 4) is 11.8 Å². The number of aryl methyl sites for hydroxylation is 1. The Morgan fingerprint density at radius 1 is 1.44 bits per heavy atom. The highest BCUT2D eigenvalue weighted by atomic mass is 32.2. The number of hydrogen-bond donors (Lipinski definition) is 2. The van der Waals surface area contributed by atoms with Crippen molar-refractivity contribution in [1.29, 1.82) is 0 Å². The molecule has 1 aliphatic rings. The number of benzene rings is 1. The Hall–Kier alpha value is -2.08. The van der Waals surface area contributed by atoms with Gasteiger partial charge < -0.3 is 9.84 Å². The average molecular weight is 366 g/mol. The molecule has 2 N–H and O–H groups in total. The standard InChI is InChI=1S/C17H19FN2O4S/c1-12(21)20(19-6-2-3-7-24-11-16(22)23)14-9-13-5-4-8-25-17(13)15(18)10-14/h9-10,19H,4-8,11H2,1H3,(H,22,23). The molecule has 1 aromatic carbocycles. The molecule has 0 saturated heterocycles. The lowest BCUT2D eigenvalue weighted by Gasteiger charge is -2.24. The topological polar surface area (TPSA) is 78.9 Å². The van der Waals surface area contributed by atoms with Crippen LogP contribution >= 0.6 is 11.8 Å². The zero-order valence-corrected chi connectivity index (χ0v) is 14.6. The van der Waals surface area contributed by atoms with Gasteiger partial charge in [-0.1, -0.05) is 11.8 Å². The molecule has 1 aromatic rings. The third kappa shape index (κ3) is 5.74. The molecule has 8 heteroatoms. The Balaban J connectivity index is 1.99. The van der Waals surface area contributed by atoms with Gasteiger partial charge in [-0.15, -0.1) is 11.8 Å². The number of amides is 1. The molecular weight excluding hydrogens is 347 g/mol. The van der Waals surface area contributed by atoms with E-state index >= 15 is 0 Å². The predicted octanol–water partition coefficient (Wildman–Crippen LogP) is 1.83. The molecule has 0 aliphatic carbocycles. The van der Waals surface area contributed by atoms with Crippen molar-refractivity contribution in [2.75, 3.05) is 30.5 Å². The summed E-state index contributed by atoms with van der Waals surface area (Å²) < 4.78 is 19.0. The lowest BCUT2D eigenvalue weighted by Crippen LogP contribution is -2.42. The van der Waals surface area contributed by atoms with E-state index in [9.17, 15) is 14.0 Å². The number of nitrogens with one attached hydrogen (secondary N) is 1. The summed E-state index contributed by atoms with van der Waals surface area (Å²) in [5.74, 6) is 4.59. The van der Waals surface area contributed by atoms with Crippen LogP contribution < -0.4 is 10.4 Å². The molecule has 25 heavy (non-hydrogen) atoms. The van der Waals surface area contributed by atoms with Crippen molar-refractivity contribution < 1.29 is 23.8 Å². The van der Waals surface area contributed by atoms with Crippen LogP contribution in [0.4, 0.5) is 10.1 Å². The van der Waals surface area contributed by atoms with Crippen LogP contribution in [0, 0.1) is 17.7 Å². The molecule has 0 unspecified atom stereocenters. The molecule has 0 bridgehead atoms. The highest BCUT2D eigenvalue weighted by molar-refractivity contribution is 7.99. The number of nitrogens with zero attached hydrogens (tertiary/aromatic N) is 1. The number of carboxylic acids is 1. The highest BCUT2D eigenvalue weighted by Crippen LogP contribution is 2.35. The Kier molecular flexibility index (Phi) is 7.25. The maximum Gasteiger partial charge on any atom is 0.329 e. The van der Waals surface area contributed by atoms with E-state index in [1.54, 1.807) is 0 Å². The molecule has 0 radical (unpaired) electrons. The predicted molar refractivity (Wildman–Crippen MR) is 92.8 cm³/mol. The van der Waals surface area contributed by atoms with Gasteiger partial charge in [-0.3, -0.25) is 4.79 Å². The molecule has 134 valence electrons. The number of thioether (sulfide) groups is 1. The summed E-state index contributed by atoms with van der Waals surface area (Å²) >= 11 is 1.50. The second-order valence-electron chi connectivity index (χ2n) is 5.30. The zero-order chi connectivity index (χ0) is 18.2. The smallest absolute Gasteiger partial charge is 0.329 e. The third-order valence-corrected chi connectivity index (χ3v) is 4.60. The highest BCUT2D eigenvalue weighted by Gasteiger charge is 2.19. The minimum atomic E-state index is -1.06. The lowest BCUT2D eigenvalue weighted by atomic mass is 10.1. The molecule has 0 aromatic heterocycles. The van der Waals surface area contributed by atoms with Gasteiger partial charge >= 0.3 is 5.97 Å². The monoisotopic (exact) mass is 366 g/mol.